The van der Waals surface area contributed by atoms with Crippen molar-refractivity contribution in [3.05, 3.63) is 28.8 Å². The molecular formula is C16H21ClN2O3. The Labute approximate surface area is 135 Å². The fraction of sp³-hybridized carbons (Fsp3) is 0.500. The third kappa shape index (κ3) is 3.99. The molecule has 0 N–H and O–H groups in total. The number of carbonyl (C=O) groups excluding carboxylic acids is 2. The van der Waals surface area contributed by atoms with Gasteiger partial charge < -0.3 is 9.74 Å². The predicted molar refractivity (Wildman–Crippen MR) is 86.2 cm³/mol. The van der Waals surface area contributed by atoms with E-state index in [0.29, 0.717) is 36.8 Å². The lowest BCUT2D eigenvalue weighted by atomic mass is 9.98. The van der Waals surface area contributed by atoms with Gasteiger partial charge in [0.1, 0.15) is 0 Å². The van der Waals surface area contributed by atoms with Gasteiger partial charge in [-0.3, -0.25) is 4.79 Å². The van der Waals surface area contributed by atoms with Crippen LogP contribution in [0.5, 0.6) is 0 Å². The first kappa shape index (κ1) is 16.8. The standard InChI is InChI=1S/C16H21ClN2O3/c1-16(2,3)15(21)22-19-8-6-18(7-9-19)14-10-13(17)5-4-12(14)11-20/h4-5,10-11H,6-9H2,1-3H3. The van der Waals surface area contributed by atoms with Gasteiger partial charge in [0.25, 0.3) is 0 Å². The summed E-state index contributed by atoms with van der Waals surface area (Å²) in [5, 5.41) is 2.28. The maximum Gasteiger partial charge on any atom is 0.330 e. The summed E-state index contributed by atoms with van der Waals surface area (Å²) in [5.41, 5.74) is 0.920. The third-order valence-corrected chi connectivity index (χ3v) is 3.76. The molecule has 0 radical (unpaired) electrons. The zero-order chi connectivity index (χ0) is 16.3. The van der Waals surface area contributed by atoms with Crippen LogP contribution in [0.4, 0.5) is 5.69 Å². The first-order chi connectivity index (χ1) is 10.3. The molecule has 120 valence electrons. The Morgan fingerprint density at radius 2 is 1.86 bits per heavy atom. The molecule has 0 saturated carbocycles. The molecule has 0 aromatic heterocycles. The minimum absolute atomic E-state index is 0.239. The van der Waals surface area contributed by atoms with Gasteiger partial charge in [-0.05, 0) is 39.0 Å². The number of piperazine rings is 1. The van der Waals surface area contributed by atoms with Crippen molar-refractivity contribution in [2.45, 2.75) is 20.8 Å². The Balaban J connectivity index is 1.99. The van der Waals surface area contributed by atoms with Gasteiger partial charge in [-0.1, -0.05) is 11.6 Å². The van der Waals surface area contributed by atoms with E-state index in [0.717, 1.165) is 12.0 Å². The zero-order valence-corrected chi connectivity index (χ0v) is 13.9. The van der Waals surface area contributed by atoms with Crippen molar-refractivity contribution in [2.24, 2.45) is 5.41 Å². The molecule has 1 heterocycles. The molecule has 0 bridgehead atoms. The number of halogens is 1. The predicted octanol–water partition coefficient (Wildman–Crippen LogP) is 2.78. The Kier molecular flexibility index (Phi) is 5.08. The summed E-state index contributed by atoms with van der Waals surface area (Å²) in [4.78, 5) is 30.5. The summed E-state index contributed by atoms with van der Waals surface area (Å²) >= 11 is 6.02. The van der Waals surface area contributed by atoms with E-state index in [2.05, 4.69) is 4.90 Å². The van der Waals surface area contributed by atoms with Crippen LogP contribution in [0.2, 0.25) is 5.02 Å². The SMILES string of the molecule is CC(C)(C)C(=O)ON1CCN(c2cc(Cl)ccc2C=O)CC1. The molecule has 0 atom stereocenters. The summed E-state index contributed by atoms with van der Waals surface area (Å²) in [6.07, 6.45) is 0.831. The maximum absolute atomic E-state index is 11.9. The number of aldehydes is 1. The van der Waals surface area contributed by atoms with Crippen molar-refractivity contribution >= 4 is 29.5 Å². The van der Waals surface area contributed by atoms with Gasteiger partial charge in [0.15, 0.2) is 6.29 Å². The van der Waals surface area contributed by atoms with E-state index in [1.165, 1.54) is 0 Å². The van der Waals surface area contributed by atoms with Crippen LogP contribution in [0.15, 0.2) is 18.2 Å². The third-order valence-electron chi connectivity index (χ3n) is 3.52. The topological polar surface area (TPSA) is 49.9 Å². The summed E-state index contributed by atoms with van der Waals surface area (Å²) in [5.74, 6) is -0.239. The van der Waals surface area contributed by atoms with E-state index < -0.39 is 5.41 Å². The van der Waals surface area contributed by atoms with E-state index >= 15 is 0 Å². The largest absolute Gasteiger partial charge is 0.368 e. The number of anilines is 1. The molecule has 1 saturated heterocycles. The fourth-order valence-electron chi connectivity index (χ4n) is 2.16. The van der Waals surface area contributed by atoms with Crippen LogP contribution in [0.3, 0.4) is 0 Å². The molecule has 0 amide bonds. The van der Waals surface area contributed by atoms with Crippen LogP contribution in [0.25, 0.3) is 0 Å². The average molecular weight is 325 g/mol. The van der Waals surface area contributed by atoms with Gasteiger partial charge in [-0.2, -0.15) is 0 Å². The fourth-order valence-corrected chi connectivity index (χ4v) is 2.33. The van der Waals surface area contributed by atoms with Crippen molar-refractivity contribution in [2.75, 3.05) is 31.1 Å². The van der Waals surface area contributed by atoms with Crippen molar-refractivity contribution in [3.8, 4) is 0 Å². The first-order valence-electron chi connectivity index (χ1n) is 7.28. The zero-order valence-electron chi connectivity index (χ0n) is 13.1. The lowest BCUT2D eigenvalue weighted by Gasteiger charge is -2.36. The van der Waals surface area contributed by atoms with E-state index in [4.69, 9.17) is 16.4 Å². The van der Waals surface area contributed by atoms with Gasteiger partial charge in [0.2, 0.25) is 0 Å². The Hall–Kier alpha value is -1.59. The summed E-state index contributed by atoms with van der Waals surface area (Å²) in [6, 6.07) is 5.22. The highest BCUT2D eigenvalue weighted by atomic mass is 35.5. The van der Waals surface area contributed by atoms with Crippen LogP contribution >= 0.6 is 11.6 Å². The Morgan fingerprint density at radius 3 is 2.41 bits per heavy atom. The van der Waals surface area contributed by atoms with Crippen molar-refractivity contribution < 1.29 is 14.4 Å². The molecule has 22 heavy (non-hydrogen) atoms. The number of nitrogens with zero attached hydrogens (tertiary/aromatic N) is 2. The van der Waals surface area contributed by atoms with Crippen LogP contribution in [0.1, 0.15) is 31.1 Å². The van der Waals surface area contributed by atoms with Crippen molar-refractivity contribution in [3.63, 3.8) is 0 Å². The number of benzene rings is 1. The van der Waals surface area contributed by atoms with Crippen LogP contribution in [0, 0.1) is 5.41 Å². The molecule has 6 heteroatoms. The second-order valence-electron chi connectivity index (χ2n) is 6.37. The number of hydroxylamine groups is 2. The molecule has 1 fully saturated rings. The molecule has 1 aliphatic heterocycles. The number of carbonyl (C=O) groups is 2. The Bertz CT molecular complexity index is 561. The summed E-state index contributed by atoms with van der Waals surface area (Å²) in [7, 11) is 0. The van der Waals surface area contributed by atoms with Gasteiger partial charge in [-0.25, -0.2) is 4.79 Å². The monoisotopic (exact) mass is 324 g/mol. The smallest absolute Gasteiger partial charge is 0.330 e. The summed E-state index contributed by atoms with van der Waals surface area (Å²) in [6.45, 7) is 7.99. The van der Waals surface area contributed by atoms with E-state index in [9.17, 15) is 9.59 Å². The van der Waals surface area contributed by atoms with Gasteiger partial charge in [0.05, 0.1) is 18.5 Å². The average Bonchev–Trinajstić information content (AvgIpc) is 2.47. The van der Waals surface area contributed by atoms with E-state index in [1.807, 2.05) is 20.8 Å². The lowest BCUT2D eigenvalue weighted by molar-refractivity contribution is -0.201. The molecule has 1 aromatic carbocycles. The molecule has 5 nitrogen and oxygen atoms in total. The molecule has 2 rings (SSSR count). The highest BCUT2D eigenvalue weighted by Crippen LogP contribution is 2.25. The second-order valence-corrected chi connectivity index (χ2v) is 6.80. The van der Waals surface area contributed by atoms with E-state index in [-0.39, 0.29) is 5.97 Å². The van der Waals surface area contributed by atoms with Gasteiger partial charge >= 0.3 is 5.97 Å². The van der Waals surface area contributed by atoms with Gasteiger partial charge in [0, 0.05) is 29.4 Å². The number of rotatable bonds is 3. The quantitative estimate of drug-likeness (QED) is 0.800. The lowest BCUT2D eigenvalue weighted by Crippen LogP contribution is -2.48. The molecule has 1 aromatic rings. The highest BCUT2D eigenvalue weighted by Gasteiger charge is 2.28. The maximum atomic E-state index is 11.9. The molecule has 0 aliphatic carbocycles. The van der Waals surface area contributed by atoms with Crippen LogP contribution in [-0.4, -0.2) is 43.5 Å². The molecular weight excluding hydrogens is 304 g/mol. The van der Waals surface area contributed by atoms with Crippen LogP contribution < -0.4 is 4.90 Å². The highest BCUT2D eigenvalue weighted by molar-refractivity contribution is 6.31. The van der Waals surface area contributed by atoms with Crippen LogP contribution in [-0.2, 0) is 9.63 Å². The number of hydrogen-bond acceptors (Lipinski definition) is 5. The first-order valence-corrected chi connectivity index (χ1v) is 7.66. The van der Waals surface area contributed by atoms with Crippen molar-refractivity contribution in [1.82, 2.24) is 5.06 Å². The molecule has 1 aliphatic rings. The Morgan fingerprint density at radius 1 is 1.23 bits per heavy atom. The van der Waals surface area contributed by atoms with Crippen molar-refractivity contribution in [1.29, 1.82) is 0 Å². The number of hydrogen-bond donors (Lipinski definition) is 0. The molecule has 0 spiro atoms. The minimum Gasteiger partial charge on any atom is -0.368 e. The normalized spacial score (nSPS) is 16.5. The van der Waals surface area contributed by atoms with E-state index in [1.54, 1.807) is 23.3 Å². The molecule has 0 unspecified atom stereocenters. The van der Waals surface area contributed by atoms with Gasteiger partial charge in [-0.15, -0.1) is 5.06 Å². The summed E-state index contributed by atoms with van der Waals surface area (Å²) < 4.78 is 0. The second kappa shape index (κ2) is 6.67. The minimum atomic E-state index is -0.519.